The van der Waals surface area contributed by atoms with Crippen molar-refractivity contribution < 1.29 is 13.2 Å². The van der Waals surface area contributed by atoms with Crippen LogP contribution >= 0.6 is 0 Å². The minimum absolute atomic E-state index is 0.0498. The van der Waals surface area contributed by atoms with Gasteiger partial charge < -0.3 is 9.13 Å². The summed E-state index contributed by atoms with van der Waals surface area (Å²) in [5.74, 6) is 1.04. The number of para-hydroxylation sites is 2. The van der Waals surface area contributed by atoms with Crippen LogP contribution in [0.2, 0.25) is 0 Å². The molecule has 5 nitrogen and oxygen atoms in total. The van der Waals surface area contributed by atoms with Crippen molar-refractivity contribution in [2.45, 2.75) is 33.9 Å². The lowest BCUT2D eigenvalue weighted by Crippen LogP contribution is -2.16. The number of halogens is 3. The van der Waals surface area contributed by atoms with Crippen LogP contribution in [-0.4, -0.2) is 24.1 Å². The first-order chi connectivity index (χ1) is 34.0. The van der Waals surface area contributed by atoms with Gasteiger partial charge in [-0.2, -0.15) is 13.2 Å². The van der Waals surface area contributed by atoms with Crippen molar-refractivity contribution >= 4 is 43.6 Å². The summed E-state index contributed by atoms with van der Waals surface area (Å²) in [4.78, 5) is 15.1. The van der Waals surface area contributed by atoms with Gasteiger partial charge in [0.15, 0.2) is 17.5 Å². The van der Waals surface area contributed by atoms with E-state index in [0.29, 0.717) is 39.3 Å². The molecule has 0 saturated heterocycles. The number of fused-ring (bicyclic) bond motifs is 6. The molecule has 0 saturated carbocycles. The summed E-state index contributed by atoms with van der Waals surface area (Å²) in [6.45, 7) is 8.31. The van der Waals surface area contributed by atoms with Crippen LogP contribution in [0.15, 0.2) is 194 Å². The van der Waals surface area contributed by atoms with Gasteiger partial charge in [-0.3, -0.25) is 0 Å². The standard InChI is InChI=1S/C62H44F3N5/c1-37-23-27-46(39(3)31-37)43-25-29-54-50(33-43)48-19-11-13-21-52(48)69(54)56-35-45(61-67-59(41-15-7-5-8-16-41)66-60(68-61)42-17-9-6-10-18-42)36-57(58(56)62(63,64)65)70-53-22-14-12-20-49(53)51-34-44(26-30-55(51)70)47-28-24-38(2)32-40(47)4/h5-36H,1-4H3. The van der Waals surface area contributed by atoms with Gasteiger partial charge in [0.05, 0.1) is 33.4 Å². The fourth-order valence-electron chi connectivity index (χ4n) is 10.4. The smallest absolute Gasteiger partial charge is 0.309 e. The molecule has 0 spiro atoms. The topological polar surface area (TPSA) is 48.5 Å². The Morgan fingerprint density at radius 1 is 0.343 bits per heavy atom. The van der Waals surface area contributed by atoms with Crippen LogP contribution < -0.4 is 0 Å². The average molecular weight is 916 g/mol. The van der Waals surface area contributed by atoms with Crippen molar-refractivity contribution in [1.29, 1.82) is 0 Å². The molecule has 0 atom stereocenters. The van der Waals surface area contributed by atoms with Crippen molar-refractivity contribution in [3.05, 3.63) is 222 Å². The summed E-state index contributed by atoms with van der Waals surface area (Å²) in [5.41, 5.74) is 12.2. The molecular weight excluding hydrogens is 872 g/mol. The van der Waals surface area contributed by atoms with Gasteiger partial charge in [-0.05, 0) is 110 Å². The van der Waals surface area contributed by atoms with Gasteiger partial charge in [0.2, 0.25) is 0 Å². The third kappa shape index (κ3) is 7.22. The lowest BCUT2D eigenvalue weighted by atomic mass is 9.97. The molecule has 0 amide bonds. The fraction of sp³-hybridized carbons (Fsp3) is 0.0806. The van der Waals surface area contributed by atoms with E-state index in [1.165, 1.54) is 0 Å². The van der Waals surface area contributed by atoms with E-state index in [1.807, 2.05) is 133 Å². The highest BCUT2D eigenvalue weighted by Crippen LogP contribution is 2.47. The molecule has 12 rings (SSSR count). The third-order valence-electron chi connectivity index (χ3n) is 13.6. The zero-order valence-corrected chi connectivity index (χ0v) is 38.8. The molecular formula is C62H44F3N5. The zero-order valence-electron chi connectivity index (χ0n) is 38.8. The Bertz CT molecular complexity index is 3790. The van der Waals surface area contributed by atoms with E-state index < -0.39 is 11.7 Å². The van der Waals surface area contributed by atoms with Crippen molar-refractivity contribution in [2.75, 3.05) is 0 Å². The van der Waals surface area contributed by atoms with Gasteiger partial charge in [0.1, 0.15) is 5.56 Å². The lowest BCUT2D eigenvalue weighted by molar-refractivity contribution is -0.137. The SMILES string of the molecule is Cc1ccc(-c2ccc3c(c2)c2ccccc2n3-c2cc(-c3nc(-c4ccccc4)nc(-c4ccccc4)n3)cc(-n3c4ccccc4c4cc(-c5ccc(C)cc5C)ccc43)c2C(F)(F)F)c(C)c1. The van der Waals surface area contributed by atoms with E-state index >= 15 is 13.2 Å². The van der Waals surface area contributed by atoms with E-state index in [1.54, 1.807) is 21.3 Å². The molecule has 0 N–H and O–H groups in total. The Kier molecular flexibility index (Phi) is 10.1. The maximum atomic E-state index is 16.9. The van der Waals surface area contributed by atoms with E-state index in [2.05, 4.69) is 76.2 Å². The van der Waals surface area contributed by atoms with Gasteiger partial charge in [-0.1, -0.05) is 157 Å². The first-order valence-electron chi connectivity index (χ1n) is 23.3. The number of rotatable bonds is 7. The number of benzene rings is 9. The molecule has 12 aromatic rings. The molecule has 9 aromatic carbocycles. The Morgan fingerprint density at radius 3 is 1.14 bits per heavy atom. The molecule has 3 aromatic heterocycles. The fourth-order valence-corrected chi connectivity index (χ4v) is 10.4. The second-order valence-corrected chi connectivity index (χ2v) is 18.2. The van der Waals surface area contributed by atoms with Gasteiger partial charge in [0.25, 0.3) is 0 Å². The Balaban J connectivity index is 1.21. The Morgan fingerprint density at radius 2 is 0.729 bits per heavy atom. The highest BCUT2D eigenvalue weighted by Gasteiger charge is 2.40. The van der Waals surface area contributed by atoms with Crippen LogP contribution in [0.1, 0.15) is 27.8 Å². The number of alkyl halides is 3. The number of aromatic nitrogens is 5. The molecule has 0 fully saturated rings. The van der Waals surface area contributed by atoms with Crippen LogP contribution in [-0.2, 0) is 6.18 Å². The zero-order chi connectivity index (χ0) is 47.8. The second kappa shape index (κ2) is 16.6. The van der Waals surface area contributed by atoms with Crippen LogP contribution in [0, 0.1) is 27.7 Å². The maximum Gasteiger partial charge on any atom is 0.420 e. The van der Waals surface area contributed by atoms with E-state index in [0.717, 1.165) is 77.2 Å². The molecule has 70 heavy (non-hydrogen) atoms. The van der Waals surface area contributed by atoms with Crippen molar-refractivity contribution in [3.63, 3.8) is 0 Å². The number of nitrogens with zero attached hydrogens (tertiary/aromatic N) is 5. The molecule has 0 aliphatic heterocycles. The molecule has 338 valence electrons. The molecule has 0 unspecified atom stereocenters. The van der Waals surface area contributed by atoms with Gasteiger partial charge in [-0.25, -0.2) is 15.0 Å². The highest BCUT2D eigenvalue weighted by atomic mass is 19.4. The maximum absolute atomic E-state index is 16.9. The first kappa shape index (κ1) is 42.7. The number of hydrogen-bond donors (Lipinski definition) is 0. The highest BCUT2D eigenvalue weighted by molar-refractivity contribution is 6.12. The van der Waals surface area contributed by atoms with Crippen LogP contribution in [0.5, 0.6) is 0 Å². The molecule has 3 heterocycles. The summed E-state index contributed by atoms with van der Waals surface area (Å²) < 4.78 is 54.1. The third-order valence-corrected chi connectivity index (χ3v) is 13.6. The first-order valence-corrected chi connectivity index (χ1v) is 23.3. The summed E-state index contributed by atoms with van der Waals surface area (Å²) in [7, 11) is 0. The monoisotopic (exact) mass is 915 g/mol. The second-order valence-electron chi connectivity index (χ2n) is 18.2. The number of aryl methyl sites for hydroxylation is 4. The quantitative estimate of drug-likeness (QED) is 0.160. The molecule has 0 bridgehead atoms. The van der Waals surface area contributed by atoms with Crippen LogP contribution in [0.4, 0.5) is 13.2 Å². The lowest BCUT2D eigenvalue weighted by Gasteiger charge is -2.23. The minimum Gasteiger partial charge on any atom is -0.309 e. The predicted molar refractivity (Wildman–Crippen MR) is 280 cm³/mol. The van der Waals surface area contributed by atoms with E-state index in [-0.39, 0.29) is 17.2 Å². The predicted octanol–water partition coefficient (Wildman–Crippen LogP) is 16.7. The van der Waals surface area contributed by atoms with Crippen molar-refractivity contribution in [1.82, 2.24) is 24.1 Å². The number of hydrogen-bond acceptors (Lipinski definition) is 3. The summed E-state index contributed by atoms with van der Waals surface area (Å²) in [5, 5.41) is 3.33. The summed E-state index contributed by atoms with van der Waals surface area (Å²) in [6, 6.07) is 62.7. The largest absolute Gasteiger partial charge is 0.420 e. The van der Waals surface area contributed by atoms with E-state index in [9.17, 15) is 0 Å². The molecule has 8 heteroatoms. The minimum atomic E-state index is -4.85. The normalized spacial score (nSPS) is 11.9. The average Bonchev–Trinajstić information content (AvgIpc) is 3.88. The van der Waals surface area contributed by atoms with Crippen molar-refractivity contribution in [3.8, 4) is 67.8 Å². The Hall–Kier alpha value is -8.62. The molecule has 0 aliphatic carbocycles. The van der Waals surface area contributed by atoms with Gasteiger partial charge in [0, 0.05) is 38.2 Å². The summed E-state index contributed by atoms with van der Waals surface area (Å²) >= 11 is 0. The van der Waals surface area contributed by atoms with Crippen molar-refractivity contribution in [2.24, 2.45) is 0 Å². The van der Waals surface area contributed by atoms with Crippen LogP contribution in [0.3, 0.4) is 0 Å². The van der Waals surface area contributed by atoms with Crippen LogP contribution in [0.25, 0.3) is 111 Å². The Labute approximate surface area is 402 Å². The summed E-state index contributed by atoms with van der Waals surface area (Å²) in [6.07, 6.45) is -4.85. The van der Waals surface area contributed by atoms with Gasteiger partial charge >= 0.3 is 6.18 Å². The van der Waals surface area contributed by atoms with Gasteiger partial charge in [-0.15, -0.1) is 0 Å². The molecule has 0 aliphatic rings. The molecule has 0 radical (unpaired) electrons. The van der Waals surface area contributed by atoms with E-state index in [4.69, 9.17) is 15.0 Å².